The smallest absolute Gasteiger partial charge is 0.338 e. The number of esters is 1. The Morgan fingerprint density at radius 2 is 1.68 bits per heavy atom. The fourth-order valence-electron chi connectivity index (χ4n) is 3.36. The van der Waals surface area contributed by atoms with Crippen LogP contribution in [0.5, 0.6) is 0 Å². The zero-order chi connectivity index (χ0) is 19.9. The minimum Gasteiger partial charge on any atom is -0.452 e. The second kappa shape index (κ2) is 9.12. The lowest BCUT2D eigenvalue weighted by Crippen LogP contribution is -2.41. The zero-order valence-corrected chi connectivity index (χ0v) is 15.5. The number of amides is 1. The molecule has 0 spiro atoms. The largest absolute Gasteiger partial charge is 0.452 e. The quantitative estimate of drug-likeness (QED) is 0.435. The van der Waals surface area contributed by atoms with Gasteiger partial charge in [0.1, 0.15) is 0 Å². The highest BCUT2D eigenvalue weighted by Crippen LogP contribution is 2.22. The van der Waals surface area contributed by atoms with E-state index >= 15 is 0 Å². The summed E-state index contributed by atoms with van der Waals surface area (Å²) >= 11 is 0. The zero-order valence-electron chi connectivity index (χ0n) is 15.5. The highest BCUT2D eigenvalue weighted by molar-refractivity contribution is 5.91. The maximum Gasteiger partial charge on any atom is 0.338 e. The minimum atomic E-state index is -0.665. The van der Waals surface area contributed by atoms with Gasteiger partial charge in [-0.05, 0) is 42.9 Å². The lowest BCUT2D eigenvalue weighted by molar-refractivity contribution is -0.384. The van der Waals surface area contributed by atoms with Crippen LogP contribution in [0.15, 0.2) is 54.6 Å². The first-order valence-electron chi connectivity index (χ1n) is 9.26. The SMILES string of the molecule is O=C(OCC(=O)N1CCC(Cc2ccccc2)CC1)c1ccc([N+](=O)[O-])cc1. The standard InChI is InChI=1S/C21H22N2O5/c24-20(15-28-21(25)18-6-8-19(9-7-18)23(26)27)22-12-10-17(11-13-22)14-16-4-2-1-3-5-16/h1-9,17H,10-15H2. The van der Waals surface area contributed by atoms with E-state index in [1.807, 2.05) is 18.2 Å². The molecule has 1 aliphatic rings. The molecule has 28 heavy (non-hydrogen) atoms. The number of rotatable bonds is 6. The summed E-state index contributed by atoms with van der Waals surface area (Å²) in [7, 11) is 0. The fraction of sp³-hybridized carbons (Fsp3) is 0.333. The Balaban J connectivity index is 1.43. The van der Waals surface area contributed by atoms with Gasteiger partial charge in [0.15, 0.2) is 6.61 Å². The van der Waals surface area contributed by atoms with Gasteiger partial charge in [-0.2, -0.15) is 0 Å². The molecule has 1 amide bonds. The van der Waals surface area contributed by atoms with Crippen molar-refractivity contribution in [1.29, 1.82) is 0 Å². The van der Waals surface area contributed by atoms with Crippen LogP contribution in [0, 0.1) is 16.0 Å². The van der Waals surface area contributed by atoms with E-state index in [2.05, 4.69) is 12.1 Å². The van der Waals surface area contributed by atoms with Crippen LogP contribution < -0.4 is 0 Å². The number of piperidine rings is 1. The van der Waals surface area contributed by atoms with E-state index in [9.17, 15) is 19.7 Å². The van der Waals surface area contributed by atoms with Crippen LogP contribution in [0.4, 0.5) is 5.69 Å². The predicted octanol–water partition coefficient (Wildman–Crippen LogP) is 3.23. The highest BCUT2D eigenvalue weighted by Gasteiger charge is 2.24. The van der Waals surface area contributed by atoms with Crippen LogP contribution in [0.25, 0.3) is 0 Å². The number of non-ortho nitro benzene ring substituents is 1. The molecule has 2 aromatic rings. The molecule has 1 heterocycles. The number of nitro groups is 1. The van der Waals surface area contributed by atoms with Gasteiger partial charge in [0, 0.05) is 25.2 Å². The van der Waals surface area contributed by atoms with Gasteiger partial charge in [0.05, 0.1) is 10.5 Å². The molecule has 7 heteroatoms. The molecule has 0 aromatic heterocycles. The number of nitrogens with zero attached hydrogens (tertiary/aromatic N) is 2. The molecule has 3 rings (SSSR count). The van der Waals surface area contributed by atoms with Crippen LogP contribution in [0.2, 0.25) is 0 Å². The van der Waals surface area contributed by atoms with E-state index in [0.29, 0.717) is 19.0 Å². The molecule has 0 unspecified atom stereocenters. The van der Waals surface area contributed by atoms with E-state index < -0.39 is 10.9 Å². The predicted molar refractivity (Wildman–Crippen MR) is 103 cm³/mol. The van der Waals surface area contributed by atoms with Crippen molar-refractivity contribution in [3.63, 3.8) is 0 Å². The Morgan fingerprint density at radius 1 is 1.04 bits per heavy atom. The summed E-state index contributed by atoms with van der Waals surface area (Å²) in [6.45, 7) is 0.996. The Kier molecular flexibility index (Phi) is 6.37. The summed E-state index contributed by atoms with van der Waals surface area (Å²) in [4.78, 5) is 36.1. The molecule has 0 bridgehead atoms. The third-order valence-electron chi connectivity index (χ3n) is 4.98. The van der Waals surface area contributed by atoms with Gasteiger partial charge in [-0.15, -0.1) is 0 Å². The topological polar surface area (TPSA) is 89.8 Å². The third-order valence-corrected chi connectivity index (χ3v) is 4.98. The molecule has 146 valence electrons. The third kappa shape index (κ3) is 5.16. The molecular formula is C21H22N2O5. The van der Waals surface area contributed by atoms with E-state index in [0.717, 1.165) is 19.3 Å². The number of hydrogen-bond donors (Lipinski definition) is 0. The van der Waals surface area contributed by atoms with Crippen LogP contribution in [-0.4, -0.2) is 41.4 Å². The fourth-order valence-corrected chi connectivity index (χ4v) is 3.36. The van der Waals surface area contributed by atoms with E-state index in [-0.39, 0.29) is 23.8 Å². The number of carbonyl (C=O) groups is 2. The van der Waals surface area contributed by atoms with Crippen molar-refractivity contribution < 1.29 is 19.2 Å². The van der Waals surface area contributed by atoms with Gasteiger partial charge >= 0.3 is 5.97 Å². The molecule has 1 saturated heterocycles. The monoisotopic (exact) mass is 382 g/mol. The lowest BCUT2D eigenvalue weighted by Gasteiger charge is -2.32. The summed E-state index contributed by atoms with van der Waals surface area (Å²) in [6, 6.07) is 15.4. The van der Waals surface area contributed by atoms with Crippen LogP contribution in [-0.2, 0) is 16.0 Å². The van der Waals surface area contributed by atoms with Crippen molar-refractivity contribution in [2.24, 2.45) is 5.92 Å². The second-order valence-corrected chi connectivity index (χ2v) is 6.89. The average molecular weight is 382 g/mol. The first-order chi connectivity index (χ1) is 13.5. The average Bonchev–Trinajstić information content (AvgIpc) is 2.73. The molecule has 2 aromatic carbocycles. The van der Waals surface area contributed by atoms with Crippen LogP contribution in [0.1, 0.15) is 28.8 Å². The number of benzene rings is 2. The number of carbonyl (C=O) groups excluding carboxylic acids is 2. The summed E-state index contributed by atoms with van der Waals surface area (Å²) in [5.74, 6) is -0.329. The van der Waals surface area contributed by atoms with Gasteiger partial charge in [-0.3, -0.25) is 14.9 Å². The first-order valence-corrected chi connectivity index (χ1v) is 9.26. The van der Waals surface area contributed by atoms with Crippen molar-refractivity contribution in [3.8, 4) is 0 Å². The van der Waals surface area contributed by atoms with Crippen LogP contribution >= 0.6 is 0 Å². The first kappa shape index (κ1) is 19.5. The molecule has 7 nitrogen and oxygen atoms in total. The van der Waals surface area contributed by atoms with Crippen molar-refractivity contribution in [2.45, 2.75) is 19.3 Å². The molecule has 0 saturated carbocycles. The Labute approximate surface area is 163 Å². The highest BCUT2D eigenvalue weighted by atomic mass is 16.6. The Bertz CT molecular complexity index is 828. The molecule has 0 radical (unpaired) electrons. The van der Waals surface area contributed by atoms with E-state index in [4.69, 9.17) is 4.74 Å². The lowest BCUT2D eigenvalue weighted by atomic mass is 9.90. The van der Waals surface area contributed by atoms with Crippen LogP contribution in [0.3, 0.4) is 0 Å². The van der Waals surface area contributed by atoms with Crippen molar-refractivity contribution in [1.82, 2.24) is 4.90 Å². The van der Waals surface area contributed by atoms with Gasteiger partial charge < -0.3 is 9.64 Å². The maximum absolute atomic E-state index is 12.3. The number of nitro benzene ring substituents is 1. The van der Waals surface area contributed by atoms with Gasteiger partial charge in [-0.1, -0.05) is 30.3 Å². The van der Waals surface area contributed by atoms with Crippen molar-refractivity contribution in [3.05, 3.63) is 75.8 Å². The minimum absolute atomic E-state index is 0.106. The maximum atomic E-state index is 12.3. The number of ether oxygens (including phenoxy) is 1. The molecule has 0 aliphatic carbocycles. The Hall–Kier alpha value is -3.22. The van der Waals surface area contributed by atoms with Crippen molar-refractivity contribution >= 4 is 17.6 Å². The molecule has 1 aliphatic heterocycles. The van der Waals surface area contributed by atoms with Gasteiger partial charge in [0.25, 0.3) is 11.6 Å². The summed E-state index contributed by atoms with van der Waals surface area (Å²) in [5.41, 5.74) is 1.38. The summed E-state index contributed by atoms with van der Waals surface area (Å²) in [5, 5.41) is 10.6. The summed E-state index contributed by atoms with van der Waals surface area (Å²) < 4.78 is 5.07. The molecule has 0 N–H and O–H groups in total. The summed E-state index contributed by atoms with van der Waals surface area (Å²) in [6.07, 6.45) is 2.87. The molecular weight excluding hydrogens is 360 g/mol. The second-order valence-electron chi connectivity index (χ2n) is 6.89. The van der Waals surface area contributed by atoms with E-state index in [1.165, 1.54) is 29.8 Å². The molecule has 0 atom stereocenters. The van der Waals surface area contributed by atoms with Gasteiger partial charge in [0.2, 0.25) is 0 Å². The number of likely N-dealkylation sites (tertiary alicyclic amines) is 1. The van der Waals surface area contributed by atoms with Gasteiger partial charge in [-0.25, -0.2) is 4.79 Å². The molecule has 1 fully saturated rings. The Morgan fingerprint density at radius 3 is 2.29 bits per heavy atom. The van der Waals surface area contributed by atoms with E-state index in [1.54, 1.807) is 4.90 Å². The van der Waals surface area contributed by atoms with Crippen molar-refractivity contribution in [2.75, 3.05) is 19.7 Å². The number of hydrogen-bond acceptors (Lipinski definition) is 5. The normalized spacial score (nSPS) is 14.5.